The van der Waals surface area contributed by atoms with Gasteiger partial charge in [0.1, 0.15) is 5.82 Å². The summed E-state index contributed by atoms with van der Waals surface area (Å²) in [5, 5.41) is 3.58. The second kappa shape index (κ2) is 4.94. The molecule has 0 saturated heterocycles. The SMILES string of the molecule is CC(C)(C)CC(C)(C)NC1=CN(Cl)NC(Cl)=N1. The van der Waals surface area contributed by atoms with Crippen LogP contribution in [0.3, 0.4) is 0 Å². The van der Waals surface area contributed by atoms with Gasteiger partial charge in [0.2, 0.25) is 5.29 Å². The Labute approximate surface area is 113 Å². The van der Waals surface area contributed by atoms with Gasteiger partial charge in [0.25, 0.3) is 0 Å². The van der Waals surface area contributed by atoms with Gasteiger partial charge in [0, 0.05) is 17.3 Å². The smallest absolute Gasteiger partial charge is 0.218 e. The molecule has 0 aromatic heterocycles. The summed E-state index contributed by atoms with van der Waals surface area (Å²) >= 11 is 11.6. The Kier molecular flexibility index (Phi) is 4.20. The lowest BCUT2D eigenvalue weighted by Crippen LogP contribution is -2.44. The van der Waals surface area contributed by atoms with Crippen LogP contribution in [-0.2, 0) is 0 Å². The molecule has 0 amide bonds. The van der Waals surface area contributed by atoms with Crippen molar-refractivity contribution >= 4 is 28.7 Å². The maximum atomic E-state index is 5.81. The van der Waals surface area contributed by atoms with Gasteiger partial charge in [-0.3, -0.25) is 5.43 Å². The minimum atomic E-state index is -0.0835. The Hall–Kier alpha value is -0.610. The first-order valence-corrected chi connectivity index (χ1v) is 6.25. The number of rotatable bonds is 3. The number of nitrogens with zero attached hydrogens (tertiary/aromatic N) is 2. The lowest BCUT2D eigenvalue weighted by atomic mass is 9.82. The summed E-state index contributed by atoms with van der Waals surface area (Å²) in [5.74, 6) is 0.651. The van der Waals surface area contributed by atoms with E-state index in [9.17, 15) is 0 Å². The van der Waals surface area contributed by atoms with E-state index in [1.165, 1.54) is 4.53 Å². The zero-order valence-corrected chi connectivity index (χ0v) is 12.4. The molecule has 1 rings (SSSR count). The lowest BCUT2D eigenvalue weighted by Gasteiger charge is -2.35. The molecule has 0 radical (unpaired) electrons. The van der Waals surface area contributed by atoms with E-state index in [2.05, 4.69) is 50.4 Å². The third-order valence-electron chi connectivity index (χ3n) is 2.09. The molecule has 0 aromatic carbocycles. The van der Waals surface area contributed by atoms with Crippen LogP contribution in [0.4, 0.5) is 0 Å². The molecule has 6 heteroatoms. The van der Waals surface area contributed by atoms with Gasteiger partial charge in [-0.25, -0.2) is 0 Å². The van der Waals surface area contributed by atoms with Crippen molar-refractivity contribution in [3.05, 3.63) is 12.0 Å². The second-order valence-corrected chi connectivity index (χ2v) is 6.81. The highest BCUT2D eigenvalue weighted by molar-refractivity contribution is 6.65. The third-order valence-corrected chi connectivity index (χ3v) is 2.44. The zero-order valence-electron chi connectivity index (χ0n) is 10.9. The van der Waals surface area contributed by atoms with Gasteiger partial charge in [0.05, 0.1) is 6.20 Å². The maximum absolute atomic E-state index is 5.81. The minimum absolute atomic E-state index is 0.0835. The van der Waals surface area contributed by atoms with E-state index in [1.54, 1.807) is 6.20 Å². The van der Waals surface area contributed by atoms with Gasteiger partial charge in [-0.15, -0.1) is 0 Å². The third kappa shape index (κ3) is 5.50. The van der Waals surface area contributed by atoms with E-state index in [1.807, 2.05) is 0 Å². The predicted molar refractivity (Wildman–Crippen MR) is 73.5 cm³/mol. The van der Waals surface area contributed by atoms with Crippen molar-refractivity contribution < 1.29 is 0 Å². The molecule has 98 valence electrons. The van der Waals surface area contributed by atoms with Gasteiger partial charge in [-0.1, -0.05) is 20.8 Å². The summed E-state index contributed by atoms with van der Waals surface area (Å²) in [6, 6.07) is 0. The van der Waals surface area contributed by atoms with Gasteiger partial charge in [-0.2, -0.15) is 9.52 Å². The molecule has 0 bridgehead atoms. The molecule has 17 heavy (non-hydrogen) atoms. The number of nitrogens with one attached hydrogen (secondary N) is 2. The Bertz CT molecular complexity index is 342. The first-order valence-electron chi connectivity index (χ1n) is 5.53. The summed E-state index contributed by atoms with van der Waals surface area (Å²) in [4.78, 5) is 4.14. The topological polar surface area (TPSA) is 39.7 Å². The number of hydrogen-bond donors (Lipinski definition) is 2. The number of hydrogen-bond acceptors (Lipinski definition) is 4. The molecule has 0 aliphatic carbocycles. The van der Waals surface area contributed by atoms with Crippen molar-refractivity contribution in [2.45, 2.75) is 46.6 Å². The van der Waals surface area contributed by atoms with Crippen LogP contribution < -0.4 is 10.7 Å². The van der Waals surface area contributed by atoms with Crippen LogP contribution in [0.25, 0.3) is 0 Å². The van der Waals surface area contributed by atoms with Crippen molar-refractivity contribution in [3.63, 3.8) is 0 Å². The zero-order chi connectivity index (χ0) is 13.3. The molecule has 4 nitrogen and oxygen atoms in total. The van der Waals surface area contributed by atoms with Gasteiger partial charge in [-0.05, 0) is 37.3 Å². The fourth-order valence-corrected chi connectivity index (χ4v) is 2.56. The van der Waals surface area contributed by atoms with E-state index in [-0.39, 0.29) is 16.2 Å². The Morgan fingerprint density at radius 1 is 1.35 bits per heavy atom. The molecular weight excluding hydrogens is 259 g/mol. The standard InChI is InChI=1S/C11H20Cl2N4/c1-10(2,3)7-11(4,5)15-8-6-17(13)16-9(12)14-8/h6,15H,7H2,1-5H3,(H,14,16). The molecule has 2 N–H and O–H groups in total. The van der Waals surface area contributed by atoms with Crippen LogP contribution >= 0.6 is 23.4 Å². The summed E-state index contributed by atoms with van der Waals surface area (Å²) in [6.45, 7) is 10.9. The van der Waals surface area contributed by atoms with Gasteiger partial charge >= 0.3 is 0 Å². The van der Waals surface area contributed by atoms with Crippen molar-refractivity contribution in [1.29, 1.82) is 0 Å². The van der Waals surface area contributed by atoms with Crippen LogP contribution in [-0.4, -0.2) is 15.4 Å². The molecule has 0 saturated carbocycles. The van der Waals surface area contributed by atoms with Crippen LogP contribution in [0.1, 0.15) is 41.0 Å². The number of hydrazine groups is 1. The quantitative estimate of drug-likeness (QED) is 0.616. The summed E-state index contributed by atoms with van der Waals surface area (Å²) in [6.07, 6.45) is 2.65. The molecule has 1 aliphatic rings. The highest BCUT2D eigenvalue weighted by atomic mass is 35.5. The molecular formula is C11H20Cl2N4. The average Bonchev–Trinajstić information content (AvgIpc) is 1.93. The van der Waals surface area contributed by atoms with Crippen molar-refractivity contribution in [1.82, 2.24) is 15.3 Å². The van der Waals surface area contributed by atoms with E-state index in [0.29, 0.717) is 5.82 Å². The minimum Gasteiger partial charge on any atom is -0.364 e. The average molecular weight is 279 g/mol. The van der Waals surface area contributed by atoms with Crippen LogP contribution in [0, 0.1) is 5.41 Å². The Morgan fingerprint density at radius 2 is 1.94 bits per heavy atom. The fourth-order valence-electron chi connectivity index (χ4n) is 2.16. The molecule has 1 heterocycles. The molecule has 0 unspecified atom stereocenters. The molecule has 0 spiro atoms. The first kappa shape index (κ1) is 14.5. The van der Waals surface area contributed by atoms with Crippen molar-refractivity contribution in [2.24, 2.45) is 10.4 Å². The first-order chi connectivity index (χ1) is 7.57. The summed E-state index contributed by atoms with van der Waals surface area (Å²) in [5.41, 5.74) is 2.79. The fraction of sp³-hybridized carbons (Fsp3) is 0.727. The molecule has 0 fully saturated rings. The van der Waals surface area contributed by atoms with Crippen LogP contribution in [0.5, 0.6) is 0 Å². The highest BCUT2D eigenvalue weighted by Crippen LogP contribution is 2.27. The highest BCUT2D eigenvalue weighted by Gasteiger charge is 2.26. The Balaban J connectivity index is 2.71. The Morgan fingerprint density at radius 3 is 2.41 bits per heavy atom. The predicted octanol–water partition coefficient (Wildman–Crippen LogP) is 3.16. The number of amidine groups is 1. The van der Waals surface area contributed by atoms with E-state index >= 15 is 0 Å². The molecule has 0 aromatic rings. The number of aliphatic imine (C=N–C) groups is 1. The summed E-state index contributed by atoms with van der Waals surface area (Å²) < 4.78 is 1.25. The molecule has 0 atom stereocenters. The van der Waals surface area contributed by atoms with Gasteiger partial charge < -0.3 is 5.32 Å². The second-order valence-electron chi connectivity index (χ2n) is 6.09. The molecule has 1 aliphatic heterocycles. The van der Waals surface area contributed by atoms with E-state index < -0.39 is 0 Å². The summed E-state index contributed by atoms with van der Waals surface area (Å²) in [7, 11) is 0. The van der Waals surface area contributed by atoms with Crippen molar-refractivity contribution in [2.75, 3.05) is 0 Å². The van der Waals surface area contributed by atoms with Crippen molar-refractivity contribution in [3.8, 4) is 0 Å². The monoisotopic (exact) mass is 278 g/mol. The maximum Gasteiger partial charge on any atom is 0.218 e. The van der Waals surface area contributed by atoms with E-state index in [4.69, 9.17) is 23.4 Å². The lowest BCUT2D eigenvalue weighted by molar-refractivity contribution is 0.254. The van der Waals surface area contributed by atoms with Gasteiger partial charge in [0.15, 0.2) is 0 Å². The number of halogens is 2. The normalized spacial score (nSPS) is 17.2. The largest absolute Gasteiger partial charge is 0.364 e. The van der Waals surface area contributed by atoms with Crippen LogP contribution in [0.2, 0.25) is 0 Å². The van der Waals surface area contributed by atoms with E-state index in [0.717, 1.165) is 6.42 Å². The van der Waals surface area contributed by atoms with Crippen LogP contribution in [0.15, 0.2) is 17.0 Å².